The van der Waals surface area contributed by atoms with E-state index in [0.29, 0.717) is 19.3 Å². The Hall–Kier alpha value is -2.12. The first-order valence-corrected chi connectivity index (χ1v) is 8.29. The molecule has 24 heavy (non-hydrogen) atoms. The molecule has 7 nitrogen and oxygen atoms in total. The van der Waals surface area contributed by atoms with E-state index in [2.05, 4.69) is 16.0 Å². The number of amides is 3. The molecule has 1 aliphatic carbocycles. The SMILES string of the molecule is CC(NC(=O)C1COCCO1)c1ccc(NC(=O)NC2CC2)cc1. The molecule has 2 fully saturated rings. The molecule has 0 spiro atoms. The molecule has 1 aliphatic heterocycles. The van der Waals surface area contributed by atoms with Gasteiger partial charge in [0.1, 0.15) is 0 Å². The van der Waals surface area contributed by atoms with Crippen molar-refractivity contribution < 1.29 is 19.1 Å². The highest BCUT2D eigenvalue weighted by Gasteiger charge is 2.24. The van der Waals surface area contributed by atoms with Gasteiger partial charge in [-0.1, -0.05) is 12.1 Å². The van der Waals surface area contributed by atoms with Crippen molar-refractivity contribution in [1.29, 1.82) is 0 Å². The third-order valence-electron chi connectivity index (χ3n) is 4.05. The maximum Gasteiger partial charge on any atom is 0.319 e. The summed E-state index contributed by atoms with van der Waals surface area (Å²) >= 11 is 0. The monoisotopic (exact) mass is 333 g/mol. The smallest absolute Gasteiger partial charge is 0.319 e. The second-order valence-electron chi connectivity index (χ2n) is 6.16. The molecule has 3 amide bonds. The number of anilines is 1. The summed E-state index contributed by atoms with van der Waals surface area (Å²) in [4.78, 5) is 23.8. The number of carbonyl (C=O) groups is 2. The van der Waals surface area contributed by atoms with Gasteiger partial charge in [-0.3, -0.25) is 4.79 Å². The summed E-state index contributed by atoms with van der Waals surface area (Å²) < 4.78 is 10.6. The van der Waals surface area contributed by atoms with Crippen LogP contribution in [0.2, 0.25) is 0 Å². The largest absolute Gasteiger partial charge is 0.376 e. The first-order valence-electron chi connectivity index (χ1n) is 8.29. The van der Waals surface area contributed by atoms with Gasteiger partial charge in [0.15, 0.2) is 6.10 Å². The number of hydrogen-bond acceptors (Lipinski definition) is 4. The molecule has 1 heterocycles. The highest BCUT2D eigenvalue weighted by Crippen LogP contribution is 2.20. The Kier molecular flexibility index (Phi) is 5.32. The number of ether oxygens (including phenoxy) is 2. The molecule has 3 N–H and O–H groups in total. The number of urea groups is 1. The molecular weight excluding hydrogens is 310 g/mol. The lowest BCUT2D eigenvalue weighted by atomic mass is 10.1. The minimum atomic E-state index is -0.548. The Labute approximate surface area is 141 Å². The Balaban J connectivity index is 1.50. The molecule has 0 radical (unpaired) electrons. The fraction of sp³-hybridized carbons (Fsp3) is 0.529. The number of nitrogens with one attached hydrogen (secondary N) is 3. The summed E-state index contributed by atoms with van der Waals surface area (Å²) in [5.41, 5.74) is 1.67. The molecule has 130 valence electrons. The molecule has 1 aromatic carbocycles. The van der Waals surface area contributed by atoms with Gasteiger partial charge in [-0.25, -0.2) is 4.79 Å². The lowest BCUT2D eigenvalue weighted by Crippen LogP contribution is -2.43. The Morgan fingerprint density at radius 3 is 2.54 bits per heavy atom. The van der Waals surface area contributed by atoms with Crippen LogP contribution >= 0.6 is 0 Å². The molecule has 1 aromatic rings. The van der Waals surface area contributed by atoms with Crippen molar-refractivity contribution in [2.24, 2.45) is 0 Å². The maximum atomic E-state index is 12.1. The number of hydrogen-bond donors (Lipinski definition) is 3. The van der Waals surface area contributed by atoms with Crippen molar-refractivity contribution in [2.75, 3.05) is 25.1 Å². The van der Waals surface area contributed by atoms with Crippen LogP contribution in [0.5, 0.6) is 0 Å². The first-order chi connectivity index (χ1) is 11.6. The zero-order chi connectivity index (χ0) is 16.9. The number of benzene rings is 1. The molecule has 2 aliphatic rings. The van der Waals surface area contributed by atoms with Crippen molar-refractivity contribution in [1.82, 2.24) is 10.6 Å². The van der Waals surface area contributed by atoms with Crippen LogP contribution in [-0.2, 0) is 14.3 Å². The molecular formula is C17H23N3O4. The number of rotatable bonds is 5. The van der Waals surface area contributed by atoms with Gasteiger partial charge < -0.3 is 25.4 Å². The quantitative estimate of drug-likeness (QED) is 0.763. The van der Waals surface area contributed by atoms with Crippen LogP contribution < -0.4 is 16.0 Å². The van der Waals surface area contributed by atoms with Crippen LogP contribution in [0.1, 0.15) is 31.4 Å². The third kappa shape index (κ3) is 4.69. The Morgan fingerprint density at radius 2 is 1.92 bits per heavy atom. The highest BCUT2D eigenvalue weighted by atomic mass is 16.6. The van der Waals surface area contributed by atoms with Crippen LogP contribution in [0.4, 0.5) is 10.5 Å². The predicted molar refractivity (Wildman–Crippen MR) is 88.7 cm³/mol. The van der Waals surface area contributed by atoms with Gasteiger partial charge >= 0.3 is 6.03 Å². The fourth-order valence-corrected chi connectivity index (χ4v) is 2.46. The highest BCUT2D eigenvalue weighted by molar-refractivity contribution is 5.89. The molecule has 1 saturated carbocycles. The predicted octanol–water partition coefficient (Wildman–Crippen LogP) is 1.56. The van der Waals surface area contributed by atoms with Crippen LogP contribution in [-0.4, -0.2) is 43.9 Å². The first kappa shape index (κ1) is 16.7. The zero-order valence-corrected chi connectivity index (χ0v) is 13.7. The molecule has 2 atom stereocenters. The summed E-state index contributed by atoms with van der Waals surface area (Å²) in [5, 5.41) is 8.58. The van der Waals surface area contributed by atoms with E-state index in [0.717, 1.165) is 24.1 Å². The van der Waals surface area contributed by atoms with E-state index in [9.17, 15) is 9.59 Å². The third-order valence-corrected chi connectivity index (χ3v) is 4.05. The van der Waals surface area contributed by atoms with Gasteiger partial charge in [0.25, 0.3) is 5.91 Å². The summed E-state index contributed by atoms with van der Waals surface area (Å²) in [6, 6.07) is 7.41. The van der Waals surface area contributed by atoms with Gasteiger partial charge in [-0.2, -0.15) is 0 Å². The average Bonchev–Trinajstić information content (AvgIpc) is 3.40. The van der Waals surface area contributed by atoms with E-state index in [1.807, 2.05) is 31.2 Å². The van der Waals surface area contributed by atoms with Crippen molar-refractivity contribution in [3.63, 3.8) is 0 Å². The van der Waals surface area contributed by atoms with Crippen molar-refractivity contribution in [2.45, 2.75) is 38.0 Å². The molecule has 1 saturated heterocycles. The zero-order valence-electron chi connectivity index (χ0n) is 13.7. The van der Waals surface area contributed by atoms with Crippen molar-refractivity contribution >= 4 is 17.6 Å². The molecule has 0 aromatic heterocycles. The lowest BCUT2D eigenvalue weighted by molar-refractivity contribution is -0.148. The van der Waals surface area contributed by atoms with E-state index >= 15 is 0 Å². The second kappa shape index (κ2) is 7.63. The molecule has 0 bridgehead atoms. The minimum Gasteiger partial charge on any atom is -0.376 e. The maximum absolute atomic E-state index is 12.1. The average molecular weight is 333 g/mol. The normalized spacial score (nSPS) is 21.6. The van der Waals surface area contributed by atoms with Gasteiger partial charge in [0.2, 0.25) is 0 Å². The van der Waals surface area contributed by atoms with Gasteiger partial charge in [-0.05, 0) is 37.5 Å². The Bertz CT molecular complexity index is 580. The van der Waals surface area contributed by atoms with Crippen LogP contribution in [0, 0.1) is 0 Å². The van der Waals surface area contributed by atoms with E-state index in [1.54, 1.807) is 0 Å². The fourth-order valence-electron chi connectivity index (χ4n) is 2.46. The summed E-state index contributed by atoms with van der Waals surface area (Å²) in [7, 11) is 0. The number of carbonyl (C=O) groups excluding carboxylic acids is 2. The summed E-state index contributed by atoms with van der Waals surface area (Å²) in [5.74, 6) is -0.173. The van der Waals surface area contributed by atoms with Crippen molar-refractivity contribution in [3.05, 3.63) is 29.8 Å². The molecule has 2 unspecified atom stereocenters. The standard InChI is InChI=1S/C17H23N3O4/c1-11(18-16(21)15-10-23-8-9-24-15)12-2-4-13(5-3-12)19-17(22)20-14-6-7-14/h2-5,11,14-15H,6-10H2,1H3,(H,18,21)(H2,19,20,22). The van der Waals surface area contributed by atoms with Gasteiger partial charge in [0.05, 0.1) is 25.9 Å². The second-order valence-corrected chi connectivity index (χ2v) is 6.16. The van der Waals surface area contributed by atoms with Crippen molar-refractivity contribution in [3.8, 4) is 0 Å². The summed E-state index contributed by atoms with van der Waals surface area (Å²) in [6.45, 7) is 3.17. The molecule has 3 rings (SSSR count). The topological polar surface area (TPSA) is 88.7 Å². The van der Waals surface area contributed by atoms with Crippen LogP contribution in [0.25, 0.3) is 0 Å². The van der Waals surface area contributed by atoms with E-state index in [1.165, 1.54) is 0 Å². The van der Waals surface area contributed by atoms with Gasteiger partial charge in [0, 0.05) is 11.7 Å². The van der Waals surface area contributed by atoms with E-state index in [4.69, 9.17) is 9.47 Å². The minimum absolute atomic E-state index is 0.155. The van der Waals surface area contributed by atoms with E-state index < -0.39 is 6.10 Å². The van der Waals surface area contributed by atoms with Crippen LogP contribution in [0.15, 0.2) is 24.3 Å². The summed E-state index contributed by atoms with van der Waals surface area (Å²) in [6.07, 6.45) is 1.56. The Morgan fingerprint density at radius 1 is 1.17 bits per heavy atom. The molecule has 7 heteroatoms. The lowest BCUT2D eigenvalue weighted by Gasteiger charge is -2.24. The van der Waals surface area contributed by atoms with Gasteiger partial charge in [-0.15, -0.1) is 0 Å². The van der Waals surface area contributed by atoms with E-state index in [-0.39, 0.29) is 24.6 Å². The van der Waals surface area contributed by atoms with Crippen LogP contribution in [0.3, 0.4) is 0 Å².